The predicted octanol–water partition coefficient (Wildman–Crippen LogP) is 5.41. The highest BCUT2D eigenvalue weighted by Crippen LogP contribution is 2.36. The number of para-hydroxylation sites is 2. The Morgan fingerprint density at radius 2 is 1.64 bits per heavy atom. The number of nitrogens with two attached hydrogens (primary N) is 1. The van der Waals surface area contributed by atoms with Crippen LogP contribution < -0.4 is 16.4 Å². The smallest absolute Gasteiger partial charge is 0.248 e. The van der Waals surface area contributed by atoms with Crippen LogP contribution in [-0.2, 0) is 14.3 Å². The van der Waals surface area contributed by atoms with E-state index in [2.05, 4.69) is 27.7 Å². The topological polar surface area (TPSA) is 96.7 Å². The molecule has 5 rings (SSSR count). The molecule has 0 spiro atoms. The molecule has 0 saturated carbocycles. The van der Waals surface area contributed by atoms with E-state index in [0.717, 1.165) is 49.4 Å². The van der Waals surface area contributed by atoms with Crippen LogP contribution in [0.3, 0.4) is 0 Å². The largest absolute Gasteiger partial charge is 0.397 e. The molecule has 2 heterocycles. The molecule has 2 fully saturated rings. The molecule has 3 aromatic carbocycles. The van der Waals surface area contributed by atoms with Gasteiger partial charge >= 0.3 is 0 Å². The molecule has 0 unspecified atom stereocenters. The van der Waals surface area contributed by atoms with Gasteiger partial charge in [-0.3, -0.25) is 14.5 Å². The minimum atomic E-state index is -0.251. The minimum absolute atomic E-state index is 0.0118. The predicted molar refractivity (Wildman–Crippen MR) is 157 cm³/mol. The first kappa shape index (κ1) is 26.9. The number of hydrogen-bond acceptors (Lipinski definition) is 5. The molecule has 202 valence electrons. The summed E-state index contributed by atoms with van der Waals surface area (Å²) < 4.78 is 5.57. The van der Waals surface area contributed by atoms with Crippen molar-refractivity contribution in [3.63, 3.8) is 0 Å². The number of hydrogen-bond donors (Lipinski definition) is 3. The van der Waals surface area contributed by atoms with Crippen molar-refractivity contribution in [2.75, 3.05) is 42.7 Å². The number of ether oxygens (including phenoxy) is 1. The average molecular weight is 545 g/mol. The summed E-state index contributed by atoms with van der Waals surface area (Å²) >= 11 is 6.02. The van der Waals surface area contributed by atoms with Crippen LogP contribution in [0, 0.1) is 5.92 Å². The maximum absolute atomic E-state index is 13.5. The zero-order valence-electron chi connectivity index (χ0n) is 21.7. The van der Waals surface area contributed by atoms with Gasteiger partial charge in [0.25, 0.3) is 0 Å². The molecule has 39 heavy (non-hydrogen) atoms. The zero-order chi connectivity index (χ0) is 27.2. The van der Waals surface area contributed by atoms with Gasteiger partial charge in [0.1, 0.15) is 0 Å². The molecule has 4 N–H and O–H groups in total. The van der Waals surface area contributed by atoms with Crippen molar-refractivity contribution in [3.8, 4) is 0 Å². The monoisotopic (exact) mass is 544 g/mol. The summed E-state index contributed by atoms with van der Waals surface area (Å²) in [5.41, 5.74) is 9.76. The summed E-state index contributed by atoms with van der Waals surface area (Å²) in [4.78, 5) is 28.3. The van der Waals surface area contributed by atoms with Crippen LogP contribution >= 0.6 is 11.6 Å². The lowest BCUT2D eigenvalue weighted by Gasteiger charge is -2.31. The van der Waals surface area contributed by atoms with E-state index in [0.29, 0.717) is 29.0 Å². The highest BCUT2D eigenvalue weighted by molar-refractivity contribution is 6.30. The van der Waals surface area contributed by atoms with Crippen molar-refractivity contribution in [2.24, 2.45) is 5.92 Å². The van der Waals surface area contributed by atoms with E-state index in [1.807, 2.05) is 36.4 Å². The van der Waals surface area contributed by atoms with Crippen molar-refractivity contribution < 1.29 is 14.3 Å². The summed E-state index contributed by atoms with van der Waals surface area (Å²) in [5.74, 6) is -0.369. The number of anilines is 3. The Morgan fingerprint density at radius 3 is 2.36 bits per heavy atom. The molecule has 0 aromatic heterocycles. The van der Waals surface area contributed by atoms with Gasteiger partial charge in [-0.15, -0.1) is 0 Å². The van der Waals surface area contributed by atoms with E-state index < -0.39 is 0 Å². The molecular formula is C31H33ClN4O3. The summed E-state index contributed by atoms with van der Waals surface area (Å²) in [6, 6.07) is 22.9. The maximum atomic E-state index is 13.5. The van der Waals surface area contributed by atoms with Gasteiger partial charge in [-0.05, 0) is 66.4 Å². The summed E-state index contributed by atoms with van der Waals surface area (Å²) in [5, 5.41) is 6.52. The third kappa shape index (κ3) is 6.87. The standard InChI is InChI=1S/C31H33ClN4O3/c32-23-10-12-24(13-11-23)34-31(38)27-20-36(25-15-17-39-18-16-25)19-26(27)22-8-5-21(6-9-22)7-14-30(37)35-29-4-2-1-3-28(29)33/h1-14,25-27H,15-20,33H2,(H,34,38)(H,35,37)/b14-7+/t26-,27+/m1/s1. The van der Waals surface area contributed by atoms with Crippen LogP contribution in [0.4, 0.5) is 17.1 Å². The number of halogens is 1. The number of nitrogen functional groups attached to an aromatic ring is 1. The van der Waals surface area contributed by atoms with Gasteiger partial charge in [-0.2, -0.15) is 0 Å². The van der Waals surface area contributed by atoms with E-state index in [-0.39, 0.29) is 23.7 Å². The van der Waals surface area contributed by atoms with Crippen molar-refractivity contribution in [1.82, 2.24) is 4.90 Å². The first-order valence-corrected chi connectivity index (χ1v) is 13.7. The number of carbonyl (C=O) groups is 2. The molecule has 7 nitrogen and oxygen atoms in total. The zero-order valence-corrected chi connectivity index (χ0v) is 22.4. The lowest BCUT2D eigenvalue weighted by molar-refractivity contribution is -0.120. The number of rotatable bonds is 7. The van der Waals surface area contributed by atoms with E-state index in [4.69, 9.17) is 22.1 Å². The fraction of sp³-hybridized carbons (Fsp3) is 0.290. The van der Waals surface area contributed by atoms with Gasteiger partial charge < -0.3 is 21.1 Å². The lowest BCUT2D eigenvalue weighted by Crippen LogP contribution is -2.38. The van der Waals surface area contributed by atoms with E-state index in [1.165, 1.54) is 6.08 Å². The number of carbonyl (C=O) groups excluding carboxylic acids is 2. The van der Waals surface area contributed by atoms with Crippen LogP contribution in [0.15, 0.2) is 78.9 Å². The molecule has 2 aliphatic rings. The maximum Gasteiger partial charge on any atom is 0.248 e. The lowest BCUT2D eigenvalue weighted by atomic mass is 9.88. The molecule has 2 atom stereocenters. The Labute approximate surface area is 234 Å². The molecule has 0 aliphatic carbocycles. The summed E-state index contributed by atoms with van der Waals surface area (Å²) in [6.07, 6.45) is 5.23. The number of nitrogens with zero attached hydrogens (tertiary/aromatic N) is 1. The quantitative estimate of drug-likeness (QED) is 0.273. The van der Waals surface area contributed by atoms with Gasteiger partial charge in [0.2, 0.25) is 11.8 Å². The summed E-state index contributed by atoms with van der Waals surface area (Å²) in [6.45, 7) is 3.05. The Kier molecular flexibility index (Phi) is 8.61. The van der Waals surface area contributed by atoms with E-state index in [9.17, 15) is 9.59 Å². The Morgan fingerprint density at radius 1 is 0.923 bits per heavy atom. The molecular weight excluding hydrogens is 512 g/mol. The van der Waals surface area contributed by atoms with E-state index in [1.54, 1.807) is 30.3 Å². The van der Waals surface area contributed by atoms with Crippen LogP contribution in [0.1, 0.15) is 29.9 Å². The van der Waals surface area contributed by atoms with Crippen molar-refractivity contribution in [2.45, 2.75) is 24.8 Å². The van der Waals surface area contributed by atoms with Crippen LogP contribution in [0.5, 0.6) is 0 Å². The Hall–Kier alpha value is -3.65. The third-order valence-corrected chi connectivity index (χ3v) is 7.77. The van der Waals surface area contributed by atoms with Crippen molar-refractivity contribution >= 4 is 46.6 Å². The number of benzene rings is 3. The highest BCUT2D eigenvalue weighted by Gasteiger charge is 2.41. The number of likely N-dealkylation sites (tertiary alicyclic amines) is 1. The van der Waals surface area contributed by atoms with Gasteiger partial charge in [0, 0.05) is 55.0 Å². The Bertz CT molecular complexity index is 1320. The third-order valence-electron chi connectivity index (χ3n) is 7.51. The first-order valence-electron chi connectivity index (χ1n) is 13.3. The molecule has 0 radical (unpaired) electrons. The average Bonchev–Trinajstić information content (AvgIpc) is 3.41. The normalized spacial score (nSPS) is 20.2. The first-order chi connectivity index (χ1) is 19.0. The fourth-order valence-corrected chi connectivity index (χ4v) is 5.49. The Balaban J connectivity index is 1.29. The van der Waals surface area contributed by atoms with Crippen LogP contribution in [0.2, 0.25) is 5.02 Å². The summed E-state index contributed by atoms with van der Waals surface area (Å²) in [7, 11) is 0. The molecule has 2 amide bonds. The van der Waals surface area contributed by atoms with Gasteiger partial charge in [-0.1, -0.05) is 48.0 Å². The minimum Gasteiger partial charge on any atom is -0.397 e. The molecule has 2 saturated heterocycles. The van der Waals surface area contributed by atoms with Gasteiger partial charge in [0.05, 0.1) is 17.3 Å². The fourth-order valence-electron chi connectivity index (χ4n) is 5.37. The number of nitrogens with one attached hydrogen (secondary N) is 2. The molecule has 3 aromatic rings. The van der Waals surface area contributed by atoms with E-state index >= 15 is 0 Å². The van der Waals surface area contributed by atoms with Crippen molar-refractivity contribution in [3.05, 3.63) is 95.0 Å². The molecule has 8 heteroatoms. The van der Waals surface area contributed by atoms with Crippen molar-refractivity contribution in [1.29, 1.82) is 0 Å². The second-order valence-electron chi connectivity index (χ2n) is 10.1. The van der Waals surface area contributed by atoms with Crippen LogP contribution in [-0.4, -0.2) is 49.1 Å². The molecule has 0 bridgehead atoms. The molecule has 2 aliphatic heterocycles. The second kappa shape index (κ2) is 12.5. The second-order valence-corrected chi connectivity index (χ2v) is 10.5. The number of amides is 2. The van der Waals surface area contributed by atoms with Gasteiger partial charge in [-0.25, -0.2) is 0 Å². The van der Waals surface area contributed by atoms with Gasteiger partial charge in [0.15, 0.2) is 0 Å². The van der Waals surface area contributed by atoms with Crippen LogP contribution in [0.25, 0.3) is 6.08 Å². The highest BCUT2D eigenvalue weighted by atomic mass is 35.5. The SMILES string of the molecule is Nc1ccccc1NC(=O)/C=C/c1ccc([C@H]2CN(C3CCOCC3)C[C@@H]2C(=O)Nc2ccc(Cl)cc2)cc1.